The van der Waals surface area contributed by atoms with Crippen LogP contribution in [-0.4, -0.2) is 6.54 Å². The normalized spacial score (nSPS) is 30.2. The summed E-state index contributed by atoms with van der Waals surface area (Å²) in [6.07, 6.45) is 5.33. The first-order valence-electron chi connectivity index (χ1n) is 7.68. The lowest BCUT2D eigenvalue weighted by Gasteiger charge is -2.27. The first-order valence-corrected chi connectivity index (χ1v) is 7.68. The number of hydrogen-bond acceptors (Lipinski definition) is 1. The Morgan fingerprint density at radius 1 is 1.26 bits per heavy atom. The summed E-state index contributed by atoms with van der Waals surface area (Å²) in [5.74, 6) is 2.65. The van der Waals surface area contributed by atoms with Crippen molar-refractivity contribution in [1.82, 2.24) is 5.32 Å². The molecule has 19 heavy (non-hydrogen) atoms. The van der Waals surface area contributed by atoms with Gasteiger partial charge in [0.25, 0.3) is 0 Å². The summed E-state index contributed by atoms with van der Waals surface area (Å²) >= 11 is 0. The molecule has 0 saturated heterocycles. The molecule has 2 saturated carbocycles. The van der Waals surface area contributed by atoms with Gasteiger partial charge in [-0.25, -0.2) is 4.39 Å². The molecule has 3 atom stereocenters. The Morgan fingerprint density at radius 2 is 2.00 bits per heavy atom. The summed E-state index contributed by atoms with van der Waals surface area (Å²) in [5, 5.41) is 3.69. The maximum atomic E-state index is 13.4. The SMILES string of the molecule is CCCNC(c1ccc(F)c(C)c1)C1CC2CC2C1. The van der Waals surface area contributed by atoms with E-state index in [0.717, 1.165) is 36.3 Å². The average molecular weight is 261 g/mol. The van der Waals surface area contributed by atoms with Crippen LogP contribution in [0.1, 0.15) is 49.8 Å². The number of benzene rings is 1. The van der Waals surface area contributed by atoms with Crippen LogP contribution in [0.5, 0.6) is 0 Å². The number of halogens is 1. The van der Waals surface area contributed by atoms with E-state index in [1.165, 1.54) is 24.8 Å². The Labute approximate surface area is 115 Å². The van der Waals surface area contributed by atoms with E-state index < -0.39 is 0 Å². The van der Waals surface area contributed by atoms with Crippen LogP contribution in [0.15, 0.2) is 18.2 Å². The van der Waals surface area contributed by atoms with E-state index in [1.807, 2.05) is 19.1 Å². The van der Waals surface area contributed by atoms with Crippen LogP contribution in [0.2, 0.25) is 0 Å². The van der Waals surface area contributed by atoms with Crippen molar-refractivity contribution in [3.63, 3.8) is 0 Å². The van der Waals surface area contributed by atoms with E-state index >= 15 is 0 Å². The van der Waals surface area contributed by atoms with Crippen molar-refractivity contribution in [2.24, 2.45) is 17.8 Å². The molecule has 1 aromatic carbocycles. The van der Waals surface area contributed by atoms with Gasteiger partial charge in [-0.15, -0.1) is 0 Å². The highest BCUT2D eigenvalue weighted by atomic mass is 19.1. The van der Waals surface area contributed by atoms with E-state index in [2.05, 4.69) is 12.2 Å². The second-order valence-electron chi connectivity index (χ2n) is 6.43. The minimum Gasteiger partial charge on any atom is -0.310 e. The first kappa shape index (κ1) is 13.1. The molecule has 0 aromatic heterocycles. The number of fused-ring (bicyclic) bond motifs is 1. The van der Waals surface area contributed by atoms with E-state index in [-0.39, 0.29) is 5.82 Å². The Hall–Kier alpha value is -0.890. The molecule has 0 heterocycles. The van der Waals surface area contributed by atoms with Gasteiger partial charge in [-0.2, -0.15) is 0 Å². The van der Waals surface area contributed by atoms with Gasteiger partial charge in [0.05, 0.1) is 0 Å². The quantitative estimate of drug-likeness (QED) is 0.836. The molecule has 2 aliphatic carbocycles. The van der Waals surface area contributed by atoms with Gasteiger partial charge in [0, 0.05) is 6.04 Å². The van der Waals surface area contributed by atoms with Gasteiger partial charge in [0.2, 0.25) is 0 Å². The maximum Gasteiger partial charge on any atom is 0.126 e. The Balaban J connectivity index is 1.78. The van der Waals surface area contributed by atoms with E-state index in [0.29, 0.717) is 6.04 Å². The van der Waals surface area contributed by atoms with Gasteiger partial charge in [0.15, 0.2) is 0 Å². The van der Waals surface area contributed by atoms with E-state index in [9.17, 15) is 4.39 Å². The molecular formula is C17H24FN. The summed E-state index contributed by atoms with van der Waals surface area (Å²) in [6, 6.07) is 6.06. The third-order valence-corrected chi connectivity index (χ3v) is 4.91. The smallest absolute Gasteiger partial charge is 0.126 e. The molecule has 0 bridgehead atoms. The number of aryl methyl sites for hydroxylation is 1. The summed E-state index contributed by atoms with van der Waals surface area (Å²) in [7, 11) is 0. The van der Waals surface area contributed by atoms with Gasteiger partial charge in [-0.1, -0.05) is 19.1 Å². The fourth-order valence-corrected chi connectivity index (χ4v) is 3.75. The van der Waals surface area contributed by atoms with Crippen molar-refractivity contribution < 1.29 is 4.39 Å². The van der Waals surface area contributed by atoms with Crippen LogP contribution < -0.4 is 5.32 Å². The molecule has 2 heteroatoms. The minimum atomic E-state index is -0.0905. The zero-order chi connectivity index (χ0) is 13.4. The van der Waals surface area contributed by atoms with E-state index in [1.54, 1.807) is 6.07 Å². The number of rotatable bonds is 5. The largest absolute Gasteiger partial charge is 0.310 e. The van der Waals surface area contributed by atoms with Crippen molar-refractivity contribution in [3.05, 3.63) is 35.1 Å². The Kier molecular flexibility index (Phi) is 3.62. The highest BCUT2D eigenvalue weighted by Gasteiger charge is 2.47. The van der Waals surface area contributed by atoms with Gasteiger partial charge >= 0.3 is 0 Å². The third-order valence-electron chi connectivity index (χ3n) is 4.91. The molecule has 0 aliphatic heterocycles. The van der Waals surface area contributed by atoms with Crippen LogP contribution in [0.4, 0.5) is 4.39 Å². The lowest BCUT2D eigenvalue weighted by molar-refractivity contribution is 0.341. The fraction of sp³-hybridized carbons (Fsp3) is 0.647. The third kappa shape index (κ3) is 2.69. The van der Waals surface area contributed by atoms with Crippen LogP contribution in [-0.2, 0) is 0 Å². The standard InChI is InChI=1S/C17H24FN/c1-3-6-19-17(15-9-13-8-14(13)10-15)12-4-5-16(18)11(2)7-12/h4-5,7,13-15,17,19H,3,6,8-10H2,1-2H3. The van der Waals surface area contributed by atoms with Gasteiger partial charge in [0.1, 0.15) is 5.82 Å². The molecule has 1 N–H and O–H groups in total. The second-order valence-corrected chi connectivity index (χ2v) is 6.43. The summed E-state index contributed by atoms with van der Waals surface area (Å²) in [6.45, 7) is 5.11. The monoisotopic (exact) mass is 261 g/mol. The van der Waals surface area contributed by atoms with Gasteiger partial charge in [-0.3, -0.25) is 0 Å². The highest BCUT2D eigenvalue weighted by Crippen LogP contribution is 2.57. The molecule has 3 rings (SSSR count). The average Bonchev–Trinajstić information content (AvgIpc) is 3.01. The van der Waals surface area contributed by atoms with Crippen LogP contribution in [0.25, 0.3) is 0 Å². The van der Waals surface area contributed by atoms with Crippen molar-refractivity contribution in [1.29, 1.82) is 0 Å². The van der Waals surface area contributed by atoms with Crippen molar-refractivity contribution in [3.8, 4) is 0 Å². The molecule has 1 nitrogen and oxygen atoms in total. The summed E-state index contributed by atoms with van der Waals surface area (Å²) in [5.41, 5.74) is 2.04. The molecule has 104 valence electrons. The Morgan fingerprint density at radius 3 is 2.63 bits per heavy atom. The van der Waals surface area contributed by atoms with Crippen molar-refractivity contribution in [2.75, 3.05) is 6.54 Å². The summed E-state index contributed by atoms with van der Waals surface area (Å²) in [4.78, 5) is 0. The van der Waals surface area contributed by atoms with Crippen molar-refractivity contribution >= 4 is 0 Å². The maximum absolute atomic E-state index is 13.4. The van der Waals surface area contributed by atoms with Gasteiger partial charge < -0.3 is 5.32 Å². The molecule has 0 radical (unpaired) electrons. The van der Waals surface area contributed by atoms with Crippen LogP contribution in [0.3, 0.4) is 0 Å². The second kappa shape index (κ2) is 5.24. The Bertz CT molecular complexity index is 447. The molecule has 2 fully saturated rings. The minimum absolute atomic E-state index is 0.0905. The zero-order valence-electron chi connectivity index (χ0n) is 12.0. The molecule has 1 aromatic rings. The predicted octanol–water partition coefficient (Wildman–Crippen LogP) is 4.22. The lowest BCUT2D eigenvalue weighted by atomic mass is 9.88. The van der Waals surface area contributed by atoms with Crippen LogP contribution >= 0.6 is 0 Å². The predicted molar refractivity (Wildman–Crippen MR) is 76.5 cm³/mol. The number of hydrogen-bond donors (Lipinski definition) is 1. The molecule has 2 aliphatic rings. The molecule has 0 spiro atoms. The molecule has 0 amide bonds. The van der Waals surface area contributed by atoms with Crippen LogP contribution in [0, 0.1) is 30.5 Å². The molecule has 3 unspecified atom stereocenters. The topological polar surface area (TPSA) is 12.0 Å². The fourth-order valence-electron chi connectivity index (χ4n) is 3.75. The van der Waals surface area contributed by atoms with Gasteiger partial charge in [-0.05, 0) is 74.1 Å². The van der Waals surface area contributed by atoms with Crippen molar-refractivity contribution in [2.45, 2.75) is 45.6 Å². The van der Waals surface area contributed by atoms with E-state index in [4.69, 9.17) is 0 Å². The molecular weight excluding hydrogens is 237 g/mol. The number of nitrogens with one attached hydrogen (secondary N) is 1. The zero-order valence-corrected chi connectivity index (χ0v) is 12.0. The summed E-state index contributed by atoms with van der Waals surface area (Å²) < 4.78 is 13.4. The lowest BCUT2D eigenvalue weighted by Crippen LogP contribution is -2.28. The highest BCUT2D eigenvalue weighted by molar-refractivity contribution is 5.27. The first-order chi connectivity index (χ1) is 9.19.